The topological polar surface area (TPSA) is 38.3 Å². The quantitative estimate of drug-likeness (QED) is 0.437. The first-order valence-electron chi connectivity index (χ1n) is 6.76. The summed E-state index contributed by atoms with van der Waals surface area (Å²) in [7, 11) is 0. The molecule has 0 radical (unpaired) electrons. The second-order valence-electron chi connectivity index (χ2n) is 4.50. The Labute approximate surface area is 143 Å². The number of amides is 1. The maximum Gasteiger partial charge on any atom is 0.248 e. The lowest BCUT2D eigenvalue weighted by molar-refractivity contribution is -0.111. The summed E-state index contributed by atoms with van der Waals surface area (Å²) in [5.41, 5.74) is 1.71. The highest BCUT2D eigenvalue weighted by Crippen LogP contribution is 2.14. The molecule has 0 bridgehead atoms. The van der Waals surface area contributed by atoms with Crippen LogP contribution in [0.3, 0.4) is 0 Å². The molecule has 0 unspecified atom stereocenters. The van der Waals surface area contributed by atoms with Gasteiger partial charge >= 0.3 is 0 Å². The maximum atomic E-state index is 11.8. The smallest absolute Gasteiger partial charge is 0.248 e. The van der Waals surface area contributed by atoms with Crippen molar-refractivity contribution in [1.29, 1.82) is 0 Å². The summed E-state index contributed by atoms with van der Waals surface area (Å²) in [5, 5.41) is 2.81. The van der Waals surface area contributed by atoms with Crippen molar-refractivity contribution < 1.29 is 9.53 Å². The molecule has 1 N–H and O–H groups in total. The van der Waals surface area contributed by atoms with Crippen LogP contribution < -0.4 is 10.1 Å². The van der Waals surface area contributed by atoms with E-state index in [0.29, 0.717) is 6.61 Å². The van der Waals surface area contributed by atoms with Gasteiger partial charge in [0, 0.05) is 15.3 Å². The molecule has 1 amide bonds. The zero-order valence-corrected chi connectivity index (χ0v) is 14.1. The minimum atomic E-state index is -0.159. The van der Waals surface area contributed by atoms with Gasteiger partial charge in [-0.25, -0.2) is 0 Å². The van der Waals surface area contributed by atoms with Crippen LogP contribution in [0.5, 0.6) is 5.75 Å². The van der Waals surface area contributed by atoms with E-state index >= 15 is 0 Å². The van der Waals surface area contributed by atoms with Crippen LogP contribution in [0.15, 0.2) is 67.3 Å². The largest absolute Gasteiger partial charge is 0.490 e. The first-order valence-corrected chi connectivity index (χ1v) is 7.83. The van der Waals surface area contributed by atoms with E-state index in [1.54, 1.807) is 12.2 Å². The van der Waals surface area contributed by atoms with Gasteiger partial charge in [-0.2, -0.15) is 0 Å². The van der Waals surface area contributed by atoms with Gasteiger partial charge in [0.1, 0.15) is 12.4 Å². The Kier molecular flexibility index (Phi) is 6.21. The number of halogens is 1. The fraction of sp³-hybridized carbons (Fsp3) is 0.0556. The molecule has 112 valence electrons. The minimum Gasteiger partial charge on any atom is -0.490 e. The lowest BCUT2D eigenvalue weighted by Gasteiger charge is -2.03. The normalized spacial score (nSPS) is 10.4. The summed E-state index contributed by atoms with van der Waals surface area (Å²) >= 11 is 2.22. The Hall–Kier alpha value is -2.08. The molecule has 22 heavy (non-hydrogen) atoms. The lowest BCUT2D eigenvalue weighted by atomic mass is 10.2. The van der Waals surface area contributed by atoms with Gasteiger partial charge < -0.3 is 10.1 Å². The highest BCUT2D eigenvalue weighted by Gasteiger charge is 1.98. The van der Waals surface area contributed by atoms with Crippen molar-refractivity contribution in [1.82, 2.24) is 0 Å². The zero-order chi connectivity index (χ0) is 15.8. The molecular weight excluding hydrogens is 389 g/mol. The molecule has 0 spiro atoms. The Morgan fingerprint density at radius 1 is 1.14 bits per heavy atom. The highest BCUT2D eigenvalue weighted by molar-refractivity contribution is 14.1. The number of rotatable bonds is 6. The van der Waals surface area contributed by atoms with Crippen molar-refractivity contribution in [3.05, 3.63) is 76.4 Å². The Morgan fingerprint density at radius 3 is 2.45 bits per heavy atom. The molecule has 0 aliphatic rings. The summed E-state index contributed by atoms with van der Waals surface area (Å²) in [6, 6.07) is 15.2. The van der Waals surface area contributed by atoms with Crippen LogP contribution in [-0.4, -0.2) is 12.5 Å². The molecule has 0 aliphatic carbocycles. The van der Waals surface area contributed by atoms with Crippen LogP contribution in [0, 0.1) is 3.57 Å². The van der Waals surface area contributed by atoms with Crippen molar-refractivity contribution in [2.45, 2.75) is 0 Å². The average Bonchev–Trinajstić information content (AvgIpc) is 2.54. The van der Waals surface area contributed by atoms with E-state index in [4.69, 9.17) is 4.74 Å². The van der Waals surface area contributed by atoms with E-state index in [1.165, 1.54) is 6.08 Å². The average molecular weight is 405 g/mol. The molecule has 2 aromatic rings. The van der Waals surface area contributed by atoms with Crippen molar-refractivity contribution in [2.75, 3.05) is 11.9 Å². The molecule has 4 heteroatoms. The number of ether oxygens (including phenoxy) is 1. The summed E-state index contributed by atoms with van der Waals surface area (Å²) in [4.78, 5) is 11.8. The molecule has 2 aromatic carbocycles. The number of carbonyl (C=O) groups excluding carboxylic acids is 1. The van der Waals surface area contributed by atoms with Gasteiger partial charge in [-0.05, 0) is 70.6 Å². The van der Waals surface area contributed by atoms with Gasteiger partial charge in [0.2, 0.25) is 5.91 Å². The van der Waals surface area contributed by atoms with Crippen molar-refractivity contribution >= 4 is 40.3 Å². The van der Waals surface area contributed by atoms with Crippen molar-refractivity contribution in [2.24, 2.45) is 0 Å². The Bertz CT molecular complexity index is 660. The minimum absolute atomic E-state index is 0.159. The van der Waals surface area contributed by atoms with E-state index in [-0.39, 0.29) is 5.91 Å². The molecule has 0 heterocycles. The van der Waals surface area contributed by atoms with Gasteiger partial charge in [0.15, 0.2) is 0 Å². The molecule has 0 aliphatic heterocycles. The van der Waals surface area contributed by atoms with Crippen LogP contribution in [0.2, 0.25) is 0 Å². The summed E-state index contributed by atoms with van der Waals surface area (Å²) in [6.45, 7) is 4.08. The molecule has 3 nitrogen and oxygen atoms in total. The van der Waals surface area contributed by atoms with E-state index < -0.39 is 0 Å². The fourth-order valence-corrected chi connectivity index (χ4v) is 2.08. The van der Waals surface area contributed by atoms with Gasteiger partial charge in [-0.1, -0.05) is 24.8 Å². The molecule has 0 atom stereocenters. The number of hydrogen-bond acceptors (Lipinski definition) is 2. The van der Waals surface area contributed by atoms with Gasteiger partial charge in [0.05, 0.1) is 0 Å². The standard InChI is InChI=1S/C18H16INO2/c1-2-13-22-17-10-3-14(4-11-17)5-12-18(21)20-16-8-6-15(19)7-9-16/h2-12H,1,13H2,(H,20,21)/b12-5+. The summed E-state index contributed by atoms with van der Waals surface area (Å²) in [5.74, 6) is 0.619. The predicted octanol–water partition coefficient (Wildman–Crippen LogP) is 4.51. The fourth-order valence-electron chi connectivity index (χ4n) is 1.72. The molecule has 0 fully saturated rings. The number of carbonyl (C=O) groups is 1. The third kappa shape index (κ3) is 5.37. The number of anilines is 1. The highest BCUT2D eigenvalue weighted by atomic mass is 127. The Balaban J connectivity index is 1.91. The van der Waals surface area contributed by atoms with Crippen molar-refractivity contribution in [3.8, 4) is 5.75 Å². The zero-order valence-electron chi connectivity index (χ0n) is 12.0. The van der Waals surface area contributed by atoms with E-state index in [1.807, 2.05) is 48.5 Å². The number of nitrogens with one attached hydrogen (secondary N) is 1. The molecule has 2 rings (SSSR count). The molecule has 0 saturated carbocycles. The van der Waals surface area contributed by atoms with Crippen LogP contribution in [0.4, 0.5) is 5.69 Å². The van der Waals surface area contributed by atoms with E-state index in [9.17, 15) is 4.79 Å². The summed E-state index contributed by atoms with van der Waals surface area (Å²) in [6.07, 6.45) is 4.97. The van der Waals surface area contributed by atoms with Crippen LogP contribution in [0.25, 0.3) is 6.08 Å². The first kappa shape index (κ1) is 16.3. The number of hydrogen-bond donors (Lipinski definition) is 1. The van der Waals surface area contributed by atoms with Gasteiger partial charge in [0.25, 0.3) is 0 Å². The van der Waals surface area contributed by atoms with Crippen LogP contribution >= 0.6 is 22.6 Å². The van der Waals surface area contributed by atoms with Crippen molar-refractivity contribution in [3.63, 3.8) is 0 Å². The van der Waals surface area contributed by atoms with Crippen LogP contribution in [-0.2, 0) is 4.79 Å². The van der Waals surface area contributed by atoms with E-state index in [0.717, 1.165) is 20.6 Å². The number of benzene rings is 2. The maximum absolute atomic E-state index is 11.8. The second kappa shape index (κ2) is 8.38. The molecular formula is C18H16INO2. The van der Waals surface area contributed by atoms with Gasteiger partial charge in [-0.15, -0.1) is 0 Å². The second-order valence-corrected chi connectivity index (χ2v) is 5.74. The molecule has 0 saturated heterocycles. The lowest BCUT2D eigenvalue weighted by Crippen LogP contribution is -2.07. The Morgan fingerprint density at radius 2 is 1.82 bits per heavy atom. The molecule has 0 aromatic heterocycles. The predicted molar refractivity (Wildman–Crippen MR) is 99.0 cm³/mol. The monoisotopic (exact) mass is 405 g/mol. The summed E-state index contributed by atoms with van der Waals surface area (Å²) < 4.78 is 6.53. The third-order valence-corrected chi connectivity index (χ3v) is 3.51. The first-order chi connectivity index (χ1) is 10.7. The third-order valence-electron chi connectivity index (χ3n) is 2.79. The van der Waals surface area contributed by atoms with E-state index in [2.05, 4.69) is 34.5 Å². The SMILES string of the molecule is C=CCOc1ccc(/C=C/C(=O)Nc2ccc(I)cc2)cc1. The van der Waals surface area contributed by atoms with Gasteiger partial charge in [-0.3, -0.25) is 4.79 Å². The van der Waals surface area contributed by atoms with Crippen LogP contribution in [0.1, 0.15) is 5.56 Å².